The van der Waals surface area contributed by atoms with Crippen molar-refractivity contribution in [2.75, 3.05) is 19.4 Å². The maximum atomic E-state index is 17.4. The Morgan fingerprint density at radius 1 is 1.24 bits per heavy atom. The number of nitrogens with zero attached hydrogens (tertiary/aromatic N) is 1. The predicted molar refractivity (Wildman–Crippen MR) is 142 cm³/mol. The molecule has 1 saturated heterocycles. The molecule has 8 heteroatoms. The van der Waals surface area contributed by atoms with Crippen LogP contribution in [0.25, 0.3) is 0 Å². The molecule has 1 aromatic rings. The largest absolute Gasteiger partial charge is 0.390 e. The molecule has 38 heavy (non-hydrogen) atoms. The zero-order valence-corrected chi connectivity index (χ0v) is 23.0. The van der Waals surface area contributed by atoms with Crippen molar-refractivity contribution in [3.05, 3.63) is 53.6 Å². The first-order valence-electron chi connectivity index (χ1n) is 13.6. The minimum absolute atomic E-state index is 0.0494. The summed E-state index contributed by atoms with van der Waals surface area (Å²) in [5.41, 5.74) is -3.41. The van der Waals surface area contributed by atoms with Crippen molar-refractivity contribution in [1.29, 1.82) is 0 Å². The van der Waals surface area contributed by atoms with Crippen LogP contribution in [-0.2, 0) is 21.0 Å². The minimum atomic E-state index is -1.96. The van der Waals surface area contributed by atoms with Crippen LogP contribution in [0.4, 0.5) is 4.39 Å². The van der Waals surface area contributed by atoms with Gasteiger partial charge < -0.3 is 10.2 Å². The standard InChI is InChI=1S/C30H36FNO5S/c1-27-11-10-21(34)12-19(27)6-9-23-24-13-20-16-32(15-18-4-7-22(38-3)8-5-18)37-30(20,26(36)17-33)28(24,2)14-25(35)29(23,27)31/h4-5,7-8,10-12,20,23-25,33,35H,6,9,13-17H2,1-3H3/t20-,23-,24-,25-,27-,28-,29-,30-/m0/s1. The number of hydroxylamine groups is 2. The van der Waals surface area contributed by atoms with Gasteiger partial charge in [-0.25, -0.2) is 4.39 Å². The summed E-state index contributed by atoms with van der Waals surface area (Å²) in [5.74, 6) is -1.46. The summed E-state index contributed by atoms with van der Waals surface area (Å²) in [4.78, 5) is 33.4. The Morgan fingerprint density at radius 2 is 1.97 bits per heavy atom. The fraction of sp³-hybridized carbons (Fsp3) is 0.600. The number of benzene rings is 1. The van der Waals surface area contributed by atoms with Gasteiger partial charge in [0.2, 0.25) is 0 Å². The molecule has 0 aromatic heterocycles. The van der Waals surface area contributed by atoms with Crippen LogP contribution in [0.15, 0.2) is 53.0 Å². The van der Waals surface area contributed by atoms with Gasteiger partial charge in [-0.1, -0.05) is 30.7 Å². The van der Waals surface area contributed by atoms with Gasteiger partial charge in [0, 0.05) is 40.7 Å². The van der Waals surface area contributed by atoms with E-state index in [9.17, 15) is 19.8 Å². The number of alkyl halides is 1. The zero-order chi connectivity index (χ0) is 27.1. The molecule has 6 nitrogen and oxygen atoms in total. The quantitative estimate of drug-likeness (QED) is 0.544. The molecule has 0 unspecified atom stereocenters. The second-order valence-electron chi connectivity index (χ2n) is 12.3. The van der Waals surface area contributed by atoms with Crippen molar-refractivity contribution < 1.29 is 29.0 Å². The average Bonchev–Trinajstić information content (AvgIpc) is 3.37. The molecule has 3 saturated carbocycles. The van der Waals surface area contributed by atoms with E-state index in [0.29, 0.717) is 32.4 Å². The molecule has 0 amide bonds. The Bertz CT molecular complexity index is 1230. The maximum absolute atomic E-state index is 17.4. The van der Waals surface area contributed by atoms with Crippen LogP contribution in [-0.4, -0.2) is 63.6 Å². The molecule has 0 spiro atoms. The molecule has 6 rings (SSSR count). The summed E-state index contributed by atoms with van der Waals surface area (Å²) in [7, 11) is 0. The van der Waals surface area contributed by atoms with E-state index in [1.807, 2.05) is 30.4 Å². The molecule has 204 valence electrons. The van der Waals surface area contributed by atoms with Gasteiger partial charge in [-0.2, -0.15) is 5.06 Å². The van der Waals surface area contributed by atoms with Gasteiger partial charge in [0.25, 0.3) is 0 Å². The van der Waals surface area contributed by atoms with Crippen molar-refractivity contribution in [2.24, 2.45) is 28.6 Å². The molecule has 0 bridgehead atoms. The van der Waals surface area contributed by atoms with E-state index in [0.717, 1.165) is 16.0 Å². The molecule has 5 aliphatic rings. The lowest BCUT2D eigenvalue weighted by Crippen LogP contribution is -2.69. The van der Waals surface area contributed by atoms with Gasteiger partial charge in [-0.15, -0.1) is 11.8 Å². The van der Waals surface area contributed by atoms with Crippen LogP contribution < -0.4 is 0 Å². The Kier molecular flexibility index (Phi) is 6.13. The van der Waals surface area contributed by atoms with Crippen molar-refractivity contribution >= 4 is 23.3 Å². The van der Waals surface area contributed by atoms with E-state index in [-0.39, 0.29) is 24.0 Å². The number of thioether (sulfide) groups is 1. The Balaban J connectivity index is 1.35. The average molecular weight is 542 g/mol. The topological polar surface area (TPSA) is 87.1 Å². The third-order valence-corrected chi connectivity index (χ3v) is 11.5. The predicted octanol–water partition coefficient (Wildman–Crippen LogP) is 4.05. The molecule has 4 fully saturated rings. The zero-order valence-electron chi connectivity index (χ0n) is 22.2. The third kappa shape index (κ3) is 3.27. The van der Waals surface area contributed by atoms with Gasteiger partial charge in [-0.3, -0.25) is 14.4 Å². The summed E-state index contributed by atoms with van der Waals surface area (Å²) >= 11 is 1.67. The van der Waals surface area contributed by atoms with E-state index >= 15 is 4.39 Å². The number of aliphatic hydroxyl groups is 2. The molecule has 2 N–H and O–H groups in total. The smallest absolute Gasteiger partial charge is 0.192 e. The van der Waals surface area contributed by atoms with Crippen LogP contribution in [0.5, 0.6) is 0 Å². The van der Waals surface area contributed by atoms with E-state index < -0.39 is 46.5 Å². The Hall–Kier alpha value is -1.84. The summed E-state index contributed by atoms with van der Waals surface area (Å²) in [6.07, 6.45) is 6.99. The molecule has 0 radical (unpaired) electrons. The molecule has 1 aromatic carbocycles. The first kappa shape index (κ1) is 26.4. The highest BCUT2D eigenvalue weighted by molar-refractivity contribution is 7.98. The van der Waals surface area contributed by atoms with Crippen LogP contribution in [0.3, 0.4) is 0 Å². The lowest BCUT2D eigenvalue weighted by Gasteiger charge is -2.62. The number of halogens is 1. The van der Waals surface area contributed by atoms with Gasteiger partial charge in [0.15, 0.2) is 22.8 Å². The lowest BCUT2D eigenvalue weighted by molar-refractivity contribution is -0.268. The number of Topliss-reactive ketones (excluding diaryl/α,β-unsaturated/α-hetero) is 1. The first-order valence-corrected chi connectivity index (χ1v) is 14.8. The summed E-state index contributed by atoms with van der Waals surface area (Å²) in [6, 6.07) is 8.21. The molecule has 1 heterocycles. The molecule has 4 aliphatic carbocycles. The highest BCUT2D eigenvalue weighted by Crippen LogP contribution is 2.72. The highest BCUT2D eigenvalue weighted by Gasteiger charge is 2.78. The summed E-state index contributed by atoms with van der Waals surface area (Å²) < 4.78 is 17.4. The van der Waals surface area contributed by atoms with Gasteiger partial charge in [-0.05, 0) is 74.6 Å². The van der Waals surface area contributed by atoms with E-state index in [4.69, 9.17) is 4.84 Å². The van der Waals surface area contributed by atoms with E-state index in [1.54, 1.807) is 24.8 Å². The Morgan fingerprint density at radius 3 is 2.66 bits per heavy atom. The second-order valence-corrected chi connectivity index (χ2v) is 13.2. The fourth-order valence-electron chi connectivity index (χ4n) is 8.97. The number of ketones is 2. The monoisotopic (exact) mass is 541 g/mol. The number of allylic oxidation sites excluding steroid dienone is 4. The number of carbonyl (C=O) groups is 2. The number of carbonyl (C=O) groups excluding carboxylic acids is 2. The number of fused-ring (bicyclic) bond motifs is 7. The summed E-state index contributed by atoms with van der Waals surface area (Å²) in [6.45, 7) is 4.09. The number of rotatable bonds is 5. The van der Waals surface area contributed by atoms with Gasteiger partial charge in [0.05, 0.1) is 6.10 Å². The van der Waals surface area contributed by atoms with Crippen molar-refractivity contribution in [1.82, 2.24) is 5.06 Å². The van der Waals surface area contributed by atoms with Gasteiger partial charge >= 0.3 is 0 Å². The van der Waals surface area contributed by atoms with E-state index in [1.165, 1.54) is 12.2 Å². The van der Waals surface area contributed by atoms with Crippen molar-refractivity contribution in [3.8, 4) is 0 Å². The normalized spacial score (nSPS) is 43.7. The fourth-order valence-corrected chi connectivity index (χ4v) is 9.38. The number of aliphatic hydroxyl groups excluding tert-OH is 2. The first-order chi connectivity index (χ1) is 18.0. The SMILES string of the molecule is CSc1ccc(CN2C[C@@H]3C[C@H]4[C@@H]5CCC6=CC(=O)C=C[C@]6(C)[C@@]5(F)[C@@H](O)C[C@]4(C)[C@]3(C(=O)CO)O2)cc1. The van der Waals surface area contributed by atoms with Crippen LogP contribution in [0.2, 0.25) is 0 Å². The van der Waals surface area contributed by atoms with Crippen LogP contribution >= 0.6 is 11.8 Å². The third-order valence-electron chi connectivity index (χ3n) is 10.8. The lowest BCUT2D eigenvalue weighted by atomic mass is 9.44. The second kappa shape index (κ2) is 8.83. The minimum Gasteiger partial charge on any atom is -0.390 e. The van der Waals surface area contributed by atoms with Crippen molar-refractivity contribution in [3.63, 3.8) is 0 Å². The number of hydrogen-bond acceptors (Lipinski definition) is 7. The van der Waals surface area contributed by atoms with Crippen LogP contribution in [0.1, 0.15) is 45.1 Å². The summed E-state index contributed by atoms with van der Waals surface area (Å²) in [5, 5.41) is 23.5. The Labute approximate surface area is 227 Å². The molecular weight excluding hydrogens is 505 g/mol. The number of hydrogen-bond donors (Lipinski definition) is 2. The molecule has 1 aliphatic heterocycles. The van der Waals surface area contributed by atoms with Crippen LogP contribution in [0, 0.1) is 28.6 Å². The molecular formula is C30H36FNO5S. The molecule has 8 atom stereocenters. The van der Waals surface area contributed by atoms with E-state index in [2.05, 4.69) is 12.1 Å². The van der Waals surface area contributed by atoms with Gasteiger partial charge in [0.1, 0.15) is 6.61 Å². The maximum Gasteiger partial charge on any atom is 0.192 e. The highest BCUT2D eigenvalue weighted by atomic mass is 32.2. The van der Waals surface area contributed by atoms with Crippen molar-refractivity contribution in [2.45, 2.75) is 68.3 Å².